The molecule has 0 spiro atoms. The van der Waals surface area contributed by atoms with Crippen molar-refractivity contribution in [1.82, 2.24) is 4.98 Å². The van der Waals surface area contributed by atoms with Crippen LogP contribution in [0, 0.1) is 4.91 Å². The second-order valence-corrected chi connectivity index (χ2v) is 4.34. The van der Waals surface area contributed by atoms with Crippen LogP contribution in [-0.4, -0.2) is 11.5 Å². The fourth-order valence-electron chi connectivity index (χ4n) is 2.08. The molecule has 0 bridgehead atoms. The molecule has 0 saturated heterocycles. The summed E-state index contributed by atoms with van der Waals surface area (Å²) >= 11 is 0. The number of hydrogen-bond donors (Lipinski definition) is 1. The van der Waals surface area contributed by atoms with E-state index in [2.05, 4.69) is 15.5 Å². The molecule has 0 fully saturated rings. The number of aromatic nitrogens is 1. The molecule has 0 aliphatic carbocycles. The lowest BCUT2D eigenvalue weighted by Gasteiger charge is -2.05. The van der Waals surface area contributed by atoms with Crippen molar-refractivity contribution in [3.8, 4) is 11.5 Å². The standard InChI is InChI=1S/C15H13N3O2/c1-2-16-11-8-7-10(9-13(11)18-19)15-17-12-5-3-4-6-14(12)20-15/h3-9,16H,2H2,1H3. The van der Waals surface area contributed by atoms with Crippen LogP contribution in [0.4, 0.5) is 11.4 Å². The molecular formula is C15H13N3O2. The van der Waals surface area contributed by atoms with Gasteiger partial charge in [0.05, 0.1) is 5.69 Å². The van der Waals surface area contributed by atoms with E-state index in [-0.39, 0.29) is 0 Å². The molecule has 3 aromatic rings. The molecule has 3 rings (SSSR count). The average molecular weight is 267 g/mol. The Bertz CT molecular complexity index is 732. The lowest BCUT2D eigenvalue weighted by molar-refractivity contribution is 0.620. The van der Waals surface area contributed by atoms with E-state index < -0.39 is 0 Å². The summed E-state index contributed by atoms with van der Waals surface area (Å²) in [6.07, 6.45) is 0. The van der Waals surface area contributed by atoms with Crippen LogP contribution in [-0.2, 0) is 0 Å². The minimum Gasteiger partial charge on any atom is -0.436 e. The summed E-state index contributed by atoms with van der Waals surface area (Å²) in [5.41, 5.74) is 3.31. The number of oxazole rings is 1. The van der Waals surface area contributed by atoms with Gasteiger partial charge >= 0.3 is 0 Å². The largest absolute Gasteiger partial charge is 0.436 e. The predicted molar refractivity (Wildman–Crippen MR) is 79.1 cm³/mol. The summed E-state index contributed by atoms with van der Waals surface area (Å²) in [5, 5.41) is 6.13. The third kappa shape index (κ3) is 2.14. The van der Waals surface area contributed by atoms with Gasteiger partial charge in [0.1, 0.15) is 11.2 Å². The lowest BCUT2D eigenvalue weighted by Crippen LogP contribution is -1.96. The second-order valence-electron chi connectivity index (χ2n) is 4.34. The first-order valence-electron chi connectivity index (χ1n) is 6.39. The Hall–Kier alpha value is -2.69. The van der Waals surface area contributed by atoms with Crippen molar-refractivity contribution in [2.45, 2.75) is 6.92 Å². The molecule has 5 heteroatoms. The van der Waals surface area contributed by atoms with Gasteiger partial charge in [0.25, 0.3) is 0 Å². The number of fused-ring (bicyclic) bond motifs is 1. The van der Waals surface area contributed by atoms with Gasteiger partial charge in [-0.2, -0.15) is 0 Å². The van der Waals surface area contributed by atoms with Crippen molar-refractivity contribution in [3.63, 3.8) is 0 Å². The Labute approximate surface area is 115 Å². The van der Waals surface area contributed by atoms with Gasteiger partial charge in [-0.15, -0.1) is 4.91 Å². The van der Waals surface area contributed by atoms with Crippen molar-refractivity contribution in [2.24, 2.45) is 5.18 Å². The monoisotopic (exact) mass is 267 g/mol. The summed E-state index contributed by atoms with van der Waals surface area (Å²) in [4.78, 5) is 15.3. The van der Waals surface area contributed by atoms with E-state index in [1.807, 2.05) is 43.3 Å². The van der Waals surface area contributed by atoms with Gasteiger partial charge in [0.2, 0.25) is 5.89 Å². The van der Waals surface area contributed by atoms with Crippen LogP contribution in [0.25, 0.3) is 22.6 Å². The van der Waals surface area contributed by atoms with Crippen LogP contribution in [0.5, 0.6) is 0 Å². The molecule has 0 amide bonds. The molecule has 0 aliphatic heterocycles. The first-order valence-corrected chi connectivity index (χ1v) is 6.39. The highest BCUT2D eigenvalue weighted by Gasteiger charge is 2.11. The van der Waals surface area contributed by atoms with E-state index in [1.54, 1.807) is 6.07 Å². The molecule has 0 unspecified atom stereocenters. The van der Waals surface area contributed by atoms with Crippen molar-refractivity contribution < 1.29 is 4.42 Å². The first-order chi connectivity index (χ1) is 9.81. The fourth-order valence-corrected chi connectivity index (χ4v) is 2.08. The zero-order valence-corrected chi connectivity index (χ0v) is 11.0. The summed E-state index contributed by atoms with van der Waals surface area (Å²) in [6, 6.07) is 12.9. The number of hydrogen-bond acceptors (Lipinski definition) is 5. The summed E-state index contributed by atoms with van der Waals surface area (Å²) in [5.74, 6) is 0.485. The van der Waals surface area contributed by atoms with E-state index in [0.717, 1.165) is 23.2 Å². The molecular weight excluding hydrogens is 254 g/mol. The molecule has 1 heterocycles. The molecule has 0 atom stereocenters. The highest BCUT2D eigenvalue weighted by Crippen LogP contribution is 2.32. The number of nitrogens with one attached hydrogen (secondary N) is 1. The summed E-state index contributed by atoms with van der Waals surface area (Å²) in [7, 11) is 0. The minimum absolute atomic E-state index is 0.353. The maximum absolute atomic E-state index is 10.9. The maximum atomic E-state index is 10.9. The van der Waals surface area contributed by atoms with Crippen LogP contribution in [0.2, 0.25) is 0 Å². The highest BCUT2D eigenvalue weighted by atomic mass is 16.3. The van der Waals surface area contributed by atoms with E-state index >= 15 is 0 Å². The van der Waals surface area contributed by atoms with E-state index in [4.69, 9.17) is 4.42 Å². The zero-order chi connectivity index (χ0) is 13.9. The van der Waals surface area contributed by atoms with Gasteiger partial charge in [-0.3, -0.25) is 0 Å². The number of rotatable bonds is 4. The van der Waals surface area contributed by atoms with Crippen LogP contribution in [0.1, 0.15) is 6.92 Å². The van der Waals surface area contributed by atoms with Crippen LogP contribution in [0.3, 0.4) is 0 Å². The third-order valence-corrected chi connectivity index (χ3v) is 3.00. The van der Waals surface area contributed by atoms with Crippen molar-refractivity contribution >= 4 is 22.5 Å². The van der Waals surface area contributed by atoms with Gasteiger partial charge in [-0.1, -0.05) is 12.1 Å². The molecule has 0 radical (unpaired) electrons. The zero-order valence-electron chi connectivity index (χ0n) is 11.0. The molecule has 1 N–H and O–H groups in total. The SMILES string of the molecule is CCNc1ccc(-c2nc3ccccc3o2)cc1N=O. The Balaban J connectivity index is 2.07. The molecule has 20 heavy (non-hydrogen) atoms. The Morgan fingerprint density at radius 2 is 2.10 bits per heavy atom. The van der Waals surface area contributed by atoms with Crippen LogP contribution in [0.15, 0.2) is 52.1 Å². The molecule has 100 valence electrons. The topological polar surface area (TPSA) is 67.5 Å². The predicted octanol–water partition coefficient (Wildman–Crippen LogP) is 4.32. The van der Waals surface area contributed by atoms with Gasteiger partial charge < -0.3 is 9.73 Å². The molecule has 0 saturated carbocycles. The minimum atomic E-state index is 0.353. The van der Waals surface area contributed by atoms with Crippen molar-refractivity contribution in [3.05, 3.63) is 47.4 Å². The maximum Gasteiger partial charge on any atom is 0.227 e. The first kappa shape index (κ1) is 12.3. The molecule has 1 aromatic heterocycles. The second kappa shape index (κ2) is 5.13. The Morgan fingerprint density at radius 1 is 1.25 bits per heavy atom. The van der Waals surface area contributed by atoms with E-state index in [1.165, 1.54) is 0 Å². The molecule has 0 aliphatic rings. The average Bonchev–Trinajstić information content (AvgIpc) is 2.92. The fraction of sp³-hybridized carbons (Fsp3) is 0.133. The molecule has 2 aromatic carbocycles. The van der Waals surface area contributed by atoms with Crippen LogP contribution >= 0.6 is 0 Å². The van der Waals surface area contributed by atoms with Crippen LogP contribution < -0.4 is 5.32 Å². The normalized spacial score (nSPS) is 10.7. The third-order valence-electron chi connectivity index (χ3n) is 3.00. The number of para-hydroxylation sites is 2. The Kier molecular flexibility index (Phi) is 3.16. The Morgan fingerprint density at radius 3 is 2.85 bits per heavy atom. The van der Waals surface area contributed by atoms with Gasteiger partial charge in [-0.05, 0) is 42.4 Å². The van der Waals surface area contributed by atoms with Crippen molar-refractivity contribution in [2.75, 3.05) is 11.9 Å². The van der Waals surface area contributed by atoms with Gasteiger partial charge in [0, 0.05) is 12.1 Å². The number of nitroso groups, excluding NO2 is 1. The number of anilines is 1. The van der Waals surface area contributed by atoms with Crippen molar-refractivity contribution in [1.29, 1.82) is 0 Å². The highest BCUT2D eigenvalue weighted by molar-refractivity contribution is 5.78. The number of benzene rings is 2. The number of nitrogens with zero attached hydrogens (tertiary/aromatic N) is 2. The van der Waals surface area contributed by atoms with E-state index in [9.17, 15) is 4.91 Å². The quantitative estimate of drug-likeness (QED) is 0.714. The van der Waals surface area contributed by atoms with Gasteiger partial charge in [-0.25, -0.2) is 4.98 Å². The summed E-state index contributed by atoms with van der Waals surface area (Å²) in [6.45, 7) is 2.69. The summed E-state index contributed by atoms with van der Waals surface area (Å²) < 4.78 is 5.68. The van der Waals surface area contributed by atoms with Gasteiger partial charge in [0.15, 0.2) is 5.58 Å². The lowest BCUT2D eigenvalue weighted by atomic mass is 10.1. The smallest absolute Gasteiger partial charge is 0.227 e. The van der Waals surface area contributed by atoms with E-state index in [0.29, 0.717) is 17.3 Å². The molecule has 5 nitrogen and oxygen atoms in total.